The second kappa shape index (κ2) is 9.72. The molecule has 3 aromatic carbocycles. The van der Waals surface area contributed by atoms with E-state index in [1.54, 1.807) is 32.0 Å². The lowest BCUT2D eigenvalue weighted by Crippen LogP contribution is -2.22. The molecule has 0 N–H and O–H groups in total. The monoisotopic (exact) mass is 504 g/mol. The molecule has 8 heteroatoms. The van der Waals surface area contributed by atoms with E-state index in [0.29, 0.717) is 11.1 Å². The van der Waals surface area contributed by atoms with Crippen LogP contribution >= 0.6 is 30.3 Å². The van der Waals surface area contributed by atoms with Crippen molar-refractivity contribution in [3.8, 4) is 11.5 Å². The summed E-state index contributed by atoms with van der Waals surface area (Å²) in [4.78, 5) is 28.0. The van der Waals surface area contributed by atoms with Gasteiger partial charge in [0.2, 0.25) is 18.2 Å². The van der Waals surface area contributed by atoms with Crippen LogP contribution in [0.4, 0.5) is 0 Å². The largest absolute Gasteiger partial charge is 0.494 e. The van der Waals surface area contributed by atoms with Crippen molar-refractivity contribution < 1.29 is 23.6 Å². The molecule has 0 aliphatic rings. The zero-order chi connectivity index (χ0) is 24.5. The first-order valence-electron chi connectivity index (χ1n) is 10.0. The van der Waals surface area contributed by atoms with Crippen LogP contribution in [0.15, 0.2) is 48.5 Å². The van der Waals surface area contributed by atoms with E-state index in [0.717, 1.165) is 5.56 Å². The number of halogens is 2. The highest BCUT2D eigenvalue weighted by molar-refractivity contribution is 8.01. The number of hydrogen-bond acceptors (Lipinski definition) is 5. The van der Waals surface area contributed by atoms with Crippen molar-refractivity contribution in [3.63, 3.8) is 0 Å². The average Bonchev–Trinajstić information content (AvgIpc) is 2.77. The van der Waals surface area contributed by atoms with Crippen molar-refractivity contribution in [2.24, 2.45) is 0 Å². The molecule has 0 heterocycles. The van der Waals surface area contributed by atoms with Crippen LogP contribution in [-0.2, 0) is 4.57 Å². The van der Waals surface area contributed by atoms with E-state index in [-0.39, 0.29) is 38.0 Å². The summed E-state index contributed by atoms with van der Waals surface area (Å²) in [5, 5.41) is 0.155. The van der Waals surface area contributed by atoms with Gasteiger partial charge in [-0.25, -0.2) is 0 Å². The maximum absolute atomic E-state index is 14.7. The van der Waals surface area contributed by atoms with Gasteiger partial charge in [0, 0.05) is 10.9 Å². The predicted octanol–water partition coefficient (Wildman–Crippen LogP) is 6.61. The quantitative estimate of drug-likeness (QED) is 0.338. The number of benzene rings is 3. The van der Waals surface area contributed by atoms with Crippen molar-refractivity contribution in [2.75, 3.05) is 14.2 Å². The standard InChI is InChI=1S/C25H23Cl2O5P/c1-14-11-15(2)20(16(3)12-14)24(28)33(30,17-9-7-6-8-10-17)25(29)21-22(31-4)18(26)13-19(27)23(21)32-5/h6-13H,1-5H3. The van der Waals surface area contributed by atoms with E-state index >= 15 is 0 Å². The second-order valence-electron chi connectivity index (χ2n) is 7.61. The smallest absolute Gasteiger partial charge is 0.249 e. The van der Waals surface area contributed by atoms with Gasteiger partial charge in [-0.1, -0.05) is 71.2 Å². The molecule has 0 fully saturated rings. The Morgan fingerprint density at radius 2 is 1.21 bits per heavy atom. The van der Waals surface area contributed by atoms with Crippen LogP contribution in [0.5, 0.6) is 11.5 Å². The molecular weight excluding hydrogens is 482 g/mol. The molecule has 0 radical (unpaired) electrons. The number of carbonyl (C=O) groups excluding carboxylic acids is 2. The van der Waals surface area contributed by atoms with E-state index < -0.39 is 18.2 Å². The highest BCUT2D eigenvalue weighted by Gasteiger charge is 2.46. The molecule has 0 saturated heterocycles. The Balaban J connectivity index is 2.39. The van der Waals surface area contributed by atoms with Crippen LogP contribution in [0.2, 0.25) is 10.0 Å². The Labute approximate surface area is 203 Å². The van der Waals surface area contributed by atoms with Gasteiger partial charge >= 0.3 is 0 Å². The Hall–Kier alpha value is -2.59. The van der Waals surface area contributed by atoms with Crippen LogP contribution in [0.25, 0.3) is 0 Å². The maximum atomic E-state index is 14.7. The Morgan fingerprint density at radius 1 is 0.758 bits per heavy atom. The first kappa shape index (κ1) is 25.0. The van der Waals surface area contributed by atoms with Gasteiger partial charge in [-0.05, 0) is 38.0 Å². The molecule has 172 valence electrons. The summed E-state index contributed by atoms with van der Waals surface area (Å²) in [6.07, 6.45) is 0. The minimum absolute atomic E-state index is 0.0291. The lowest BCUT2D eigenvalue weighted by molar-refractivity contribution is 0.103. The number of aryl methyl sites for hydroxylation is 3. The second-order valence-corrected chi connectivity index (χ2v) is 11.0. The molecule has 0 amide bonds. The van der Waals surface area contributed by atoms with Crippen LogP contribution in [-0.4, -0.2) is 25.3 Å². The van der Waals surface area contributed by atoms with Crippen LogP contribution in [0.3, 0.4) is 0 Å². The summed E-state index contributed by atoms with van der Waals surface area (Å²) >= 11 is 12.6. The molecule has 0 saturated carbocycles. The fourth-order valence-electron chi connectivity index (χ4n) is 3.97. The molecule has 3 rings (SSSR count). The number of rotatable bonds is 7. The van der Waals surface area contributed by atoms with Gasteiger partial charge in [0.05, 0.1) is 24.3 Å². The summed E-state index contributed by atoms with van der Waals surface area (Å²) in [6.45, 7) is 5.41. The molecule has 1 unspecified atom stereocenters. The lowest BCUT2D eigenvalue weighted by atomic mass is 10.0. The van der Waals surface area contributed by atoms with E-state index in [1.165, 1.54) is 32.4 Å². The summed E-state index contributed by atoms with van der Waals surface area (Å²) in [7, 11) is -1.81. The Kier molecular flexibility index (Phi) is 7.38. The van der Waals surface area contributed by atoms with E-state index in [1.807, 2.05) is 19.1 Å². The van der Waals surface area contributed by atoms with Crippen molar-refractivity contribution in [1.29, 1.82) is 0 Å². The van der Waals surface area contributed by atoms with Gasteiger partial charge in [-0.2, -0.15) is 0 Å². The summed E-state index contributed by atoms with van der Waals surface area (Å²) < 4.78 is 25.4. The van der Waals surface area contributed by atoms with Crippen LogP contribution in [0.1, 0.15) is 37.4 Å². The van der Waals surface area contributed by atoms with Crippen LogP contribution < -0.4 is 14.8 Å². The number of hydrogen-bond donors (Lipinski definition) is 0. The van der Waals surface area contributed by atoms with Crippen molar-refractivity contribution in [2.45, 2.75) is 20.8 Å². The normalized spacial score (nSPS) is 12.7. The SMILES string of the molecule is COc1c(Cl)cc(Cl)c(OC)c1C(=O)P(=O)(C(=O)c1c(C)cc(C)cc1C)c1ccccc1. The zero-order valence-electron chi connectivity index (χ0n) is 18.9. The molecule has 3 aromatic rings. The minimum atomic E-state index is -4.44. The Bertz CT molecular complexity index is 1250. The van der Waals surface area contributed by atoms with E-state index in [4.69, 9.17) is 32.7 Å². The number of methoxy groups -OCH3 is 2. The fraction of sp³-hybridized carbons (Fsp3) is 0.200. The van der Waals surface area contributed by atoms with Gasteiger partial charge in [0.25, 0.3) is 0 Å². The van der Waals surface area contributed by atoms with Gasteiger partial charge < -0.3 is 14.0 Å². The van der Waals surface area contributed by atoms with Crippen LogP contribution in [0, 0.1) is 20.8 Å². The first-order valence-corrected chi connectivity index (χ1v) is 12.5. The molecule has 0 aliphatic heterocycles. The zero-order valence-corrected chi connectivity index (χ0v) is 21.3. The molecule has 0 bridgehead atoms. The topological polar surface area (TPSA) is 69.7 Å². The molecule has 5 nitrogen and oxygen atoms in total. The average molecular weight is 505 g/mol. The third-order valence-corrected chi connectivity index (χ3v) is 8.52. The lowest BCUT2D eigenvalue weighted by Gasteiger charge is -2.22. The van der Waals surface area contributed by atoms with E-state index in [9.17, 15) is 14.2 Å². The summed E-state index contributed by atoms with van der Waals surface area (Å²) in [6, 6.07) is 13.0. The number of carbonyl (C=O) groups is 2. The fourth-order valence-corrected chi connectivity index (χ4v) is 7.02. The molecule has 0 aromatic heterocycles. The molecule has 33 heavy (non-hydrogen) atoms. The van der Waals surface area contributed by atoms with Crippen molar-refractivity contribution >= 4 is 46.7 Å². The van der Waals surface area contributed by atoms with Crippen molar-refractivity contribution in [1.82, 2.24) is 0 Å². The van der Waals surface area contributed by atoms with Gasteiger partial charge in [0.1, 0.15) is 5.56 Å². The highest BCUT2D eigenvalue weighted by atomic mass is 35.5. The van der Waals surface area contributed by atoms with Gasteiger partial charge in [-0.3, -0.25) is 9.59 Å². The minimum Gasteiger partial charge on any atom is -0.494 e. The van der Waals surface area contributed by atoms with E-state index in [2.05, 4.69) is 0 Å². The van der Waals surface area contributed by atoms with Gasteiger partial charge in [-0.15, -0.1) is 0 Å². The molecule has 0 spiro atoms. The third-order valence-electron chi connectivity index (χ3n) is 5.35. The Morgan fingerprint density at radius 3 is 1.67 bits per heavy atom. The summed E-state index contributed by atoms with van der Waals surface area (Å²) in [5.74, 6) is -0.131. The number of ether oxygens (including phenoxy) is 2. The predicted molar refractivity (Wildman–Crippen MR) is 133 cm³/mol. The summed E-state index contributed by atoms with van der Waals surface area (Å²) in [5.41, 5.74) is 0.485. The molecular formula is C25H23Cl2O5P. The van der Waals surface area contributed by atoms with Gasteiger partial charge in [0.15, 0.2) is 11.5 Å². The third kappa shape index (κ3) is 4.33. The molecule has 1 atom stereocenters. The highest BCUT2D eigenvalue weighted by Crippen LogP contribution is 2.56. The first-order chi connectivity index (χ1) is 15.6. The maximum Gasteiger partial charge on any atom is 0.249 e. The molecule has 0 aliphatic carbocycles. The van der Waals surface area contributed by atoms with Crippen molar-refractivity contribution in [3.05, 3.63) is 86.4 Å².